The molecule has 4 fully saturated rings. The van der Waals surface area contributed by atoms with Gasteiger partial charge in [0.25, 0.3) is 0 Å². The van der Waals surface area contributed by atoms with Crippen molar-refractivity contribution in [3.8, 4) is 0 Å². The minimum Gasteiger partial charge on any atom is -0.431 e. The smallest absolute Gasteiger partial charge is 0.343 e. The van der Waals surface area contributed by atoms with Gasteiger partial charge in [0.05, 0.1) is 11.6 Å². The molecule has 4 heteroatoms. The molecule has 6 rings (SSSR count). The van der Waals surface area contributed by atoms with Crippen molar-refractivity contribution in [2.24, 2.45) is 28.6 Å². The van der Waals surface area contributed by atoms with E-state index in [1.165, 1.54) is 31.9 Å². The Morgan fingerprint density at radius 1 is 1.12 bits per heavy atom. The lowest BCUT2D eigenvalue weighted by Crippen LogP contribution is -2.85. The average molecular weight is 321 g/mol. The first-order valence-corrected chi connectivity index (χ1v) is 8.94. The fraction of sp³-hybridized carbons (Fsp3) is 0.500. The van der Waals surface area contributed by atoms with Crippen molar-refractivity contribution in [3.63, 3.8) is 0 Å². The Morgan fingerprint density at radius 2 is 1.92 bits per heavy atom. The second-order valence-electron chi connectivity index (χ2n) is 8.38. The largest absolute Gasteiger partial charge is 0.431 e. The molecular formula is C20H19NO3. The number of amides is 1. The van der Waals surface area contributed by atoms with E-state index < -0.39 is 0 Å². The Labute approximate surface area is 139 Å². The second kappa shape index (κ2) is 3.93. The number of rotatable bonds is 3. The van der Waals surface area contributed by atoms with Gasteiger partial charge in [-0.15, -0.1) is 0 Å². The van der Waals surface area contributed by atoms with Gasteiger partial charge in [0.1, 0.15) is 0 Å². The summed E-state index contributed by atoms with van der Waals surface area (Å²) in [5.74, 6) is 2.86. The van der Waals surface area contributed by atoms with E-state index in [0.717, 1.165) is 23.1 Å². The van der Waals surface area contributed by atoms with Crippen molar-refractivity contribution in [1.29, 1.82) is 0 Å². The first-order valence-electron chi connectivity index (χ1n) is 8.94. The van der Waals surface area contributed by atoms with Gasteiger partial charge in [-0.2, -0.15) is 0 Å². The summed E-state index contributed by atoms with van der Waals surface area (Å²) in [6.07, 6.45) is 7.38. The molecule has 122 valence electrons. The Hall–Kier alpha value is -2.10. The van der Waals surface area contributed by atoms with Gasteiger partial charge in [-0.05, 0) is 72.5 Å². The highest BCUT2D eigenvalue weighted by Gasteiger charge is 2.87. The fourth-order valence-corrected chi connectivity index (χ4v) is 7.22. The molecule has 4 nitrogen and oxygen atoms in total. The summed E-state index contributed by atoms with van der Waals surface area (Å²) in [4.78, 5) is 24.5. The van der Waals surface area contributed by atoms with Crippen molar-refractivity contribution in [2.75, 3.05) is 5.32 Å². The molecule has 0 radical (unpaired) electrons. The molecule has 2 unspecified atom stereocenters. The molecule has 4 saturated carbocycles. The maximum Gasteiger partial charge on any atom is 0.343 e. The summed E-state index contributed by atoms with van der Waals surface area (Å²) in [5, 5.41) is 4.32. The maximum absolute atomic E-state index is 12.7. The third kappa shape index (κ3) is 1.23. The lowest BCUT2D eigenvalue weighted by Gasteiger charge is -2.91. The second-order valence-corrected chi connectivity index (χ2v) is 8.38. The van der Waals surface area contributed by atoms with Crippen LogP contribution in [0.15, 0.2) is 39.7 Å². The molecule has 1 N–H and O–H groups in total. The highest BCUT2D eigenvalue weighted by Crippen LogP contribution is 2.93. The van der Waals surface area contributed by atoms with Gasteiger partial charge in [-0.3, -0.25) is 4.79 Å². The van der Waals surface area contributed by atoms with Gasteiger partial charge in [0.15, 0.2) is 0 Å². The van der Waals surface area contributed by atoms with E-state index in [-0.39, 0.29) is 11.5 Å². The third-order valence-corrected chi connectivity index (χ3v) is 7.87. The van der Waals surface area contributed by atoms with Crippen LogP contribution in [-0.4, -0.2) is 5.91 Å². The summed E-state index contributed by atoms with van der Waals surface area (Å²) in [6, 6.07) is 7.13. The number of hydrogen-bond acceptors (Lipinski definition) is 3. The Morgan fingerprint density at radius 3 is 2.62 bits per heavy atom. The molecule has 4 aliphatic carbocycles. The van der Waals surface area contributed by atoms with Crippen LogP contribution in [0.4, 0.5) is 5.69 Å². The van der Waals surface area contributed by atoms with Crippen LogP contribution in [-0.2, 0) is 4.79 Å². The van der Waals surface area contributed by atoms with Crippen molar-refractivity contribution in [1.82, 2.24) is 0 Å². The van der Waals surface area contributed by atoms with Gasteiger partial charge in [-0.1, -0.05) is 6.07 Å². The van der Waals surface area contributed by atoms with Crippen molar-refractivity contribution >= 4 is 22.4 Å². The topological polar surface area (TPSA) is 59.3 Å². The average Bonchev–Trinajstić information content (AvgIpc) is 2.49. The molecule has 2 aromatic rings. The fourth-order valence-electron chi connectivity index (χ4n) is 7.22. The normalized spacial score (nSPS) is 40.2. The van der Waals surface area contributed by atoms with Gasteiger partial charge in [-0.25, -0.2) is 4.79 Å². The number of fused-ring (bicyclic) bond motifs is 1. The highest BCUT2D eigenvalue weighted by molar-refractivity contribution is 6.01. The van der Waals surface area contributed by atoms with Gasteiger partial charge in [0.2, 0.25) is 5.91 Å². The summed E-state index contributed by atoms with van der Waals surface area (Å²) in [7, 11) is 0. The van der Waals surface area contributed by atoms with E-state index in [1.807, 2.05) is 6.07 Å². The van der Waals surface area contributed by atoms with Gasteiger partial charge >= 0.3 is 5.63 Å². The maximum atomic E-state index is 12.7. The van der Waals surface area contributed by atoms with Gasteiger partial charge < -0.3 is 9.73 Å². The van der Waals surface area contributed by atoms with Crippen LogP contribution < -0.4 is 10.9 Å². The molecule has 1 aromatic heterocycles. The number of hydrogen-bond donors (Lipinski definition) is 1. The van der Waals surface area contributed by atoms with Crippen LogP contribution in [0.25, 0.3) is 10.8 Å². The number of carbonyl (C=O) groups is 1. The van der Waals surface area contributed by atoms with E-state index in [4.69, 9.17) is 4.42 Å². The molecule has 2 atom stereocenters. The Balaban J connectivity index is 1.27. The molecule has 1 amide bonds. The van der Waals surface area contributed by atoms with Crippen molar-refractivity contribution < 1.29 is 9.21 Å². The first kappa shape index (κ1) is 13.2. The van der Waals surface area contributed by atoms with Crippen molar-refractivity contribution in [2.45, 2.75) is 32.1 Å². The van der Waals surface area contributed by atoms with Crippen LogP contribution in [0.5, 0.6) is 0 Å². The highest BCUT2D eigenvalue weighted by atomic mass is 16.4. The molecular weight excluding hydrogens is 302 g/mol. The zero-order valence-corrected chi connectivity index (χ0v) is 13.4. The third-order valence-electron chi connectivity index (χ3n) is 7.87. The summed E-state index contributed by atoms with van der Waals surface area (Å²) in [5.41, 5.74) is 1.22. The first-order chi connectivity index (χ1) is 11.6. The quantitative estimate of drug-likeness (QED) is 0.940. The zero-order chi connectivity index (χ0) is 16.1. The Kier molecular flexibility index (Phi) is 2.16. The van der Waals surface area contributed by atoms with E-state index in [1.54, 1.807) is 18.2 Å². The minimum atomic E-state index is -0.364. The standard InChI is InChI=1S/C20H19NO3/c22-17(10-19-8-12-6-11-7-13(9-19)20(11,12)19)21-16-3-1-2-15-14(16)4-5-24-18(15)23/h1-5,11-13H,6-10H2,(H,21,22). The van der Waals surface area contributed by atoms with Crippen molar-refractivity contribution in [3.05, 3.63) is 40.9 Å². The summed E-state index contributed by atoms with van der Waals surface area (Å²) >= 11 is 0. The monoisotopic (exact) mass is 321 g/mol. The number of carbonyl (C=O) groups excluding carboxylic acids is 1. The molecule has 1 aromatic carbocycles. The van der Waals surface area contributed by atoms with E-state index >= 15 is 0 Å². The predicted molar refractivity (Wildman–Crippen MR) is 89.5 cm³/mol. The van der Waals surface area contributed by atoms with E-state index in [9.17, 15) is 9.59 Å². The summed E-state index contributed by atoms with van der Waals surface area (Å²) < 4.78 is 4.91. The lowest BCUT2D eigenvalue weighted by molar-refractivity contribution is -0.430. The zero-order valence-electron chi connectivity index (χ0n) is 13.4. The van der Waals surface area contributed by atoms with Crippen LogP contribution in [0, 0.1) is 28.6 Å². The van der Waals surface area contributed by atoms with E-state index in [0.29, 0.717) is 28.3 Å². The number of anilines is 1. The molecule has 4 aliphatic rings. The minimum absolute atomic E-state index is 0.0968. The lowest BCUT2D eigenvalue weighted by atomic mass is 9.13. The van der Waals surface area contributed by atoms with Crippen LogP contribution in [0.3, 0.4) is 0 Å². The molecule has 0 saturated heterocycles. The number of nitrogens with one attached hydrogen (secondary N) is 1. The molecule has 0 bridgehead atoms. The van der Waals surface area contributed by atoms with Crippen LogP contribution in [0.1, 0.15) is 32.1 Å². The molecule has 1 spiro atoms. The van der Waals surface area contributed by atoms with E-state index in [2.05, 4.69) is 5.32 Å². The Bertz CT molecular complexity index is 933. The molecule has 0 aliphatic heterocycles. The SMILES string of the molecule is O=C(CC12CC3CC4CC(C1)C432)Nc1cccc2c(=O)occc12. The molecule has 1 heterocycles. The molecule has 24 heavy (non-hydrogen) atoms. The van der Waals surface area contributed by atoms with Gasteiger partial charge in [0, 0.05) is 17.5 Å². The number of benzene rings is 1. The predicted octanol–water partition coefficient (Wildman–Crippen LogP) is 3.56. The van der Waals surface area contributed by atoms with Crippen LogP contribution >= 0.6 is 0 Å². The van der Waals surface area contributed by atoms with Crippen LogP contribution in [0.2, 0.25) is 0 Å². The summed E-state index contributed by atoms with van der Waals surface area (Å²) in [6.45, 7) is 0.